The van der Waals surface area contributed by atoms with Gasteiger partial charge in [-0.2, -0.15) is 5.10 Å². The van der Waals surface area contributed by atoms with Crippen LogP contribution in [0.5, 0.6) is 11.5 Å². The fourth-order valence-corrected chi connectivity index (χ4v) is 3.40. The number of carbonyl (C=O) groups excluding carboxylic acids is 1. The highest BCUT2D eigenvalue weighted by Crippen LogP contribution is 2.35. The highest BCUT2D eigenvalue weighted by atomic mass is 35.5. The first-order valence-electron chi connectivity index (χ1n) is 7.96. The molecule has 1 aliphatic rings. The molecule has 1 aromatic heterocycles. The van der Waals surface area contributed by atoms with E-state index in [1.165, 1.54) is 19.2 Å². The number of hydrogen-bond donors (Lipinski definition) is 2. The topological polar surface area (TPSA) is 76.4 Å². The molecule has 0 radical (unpaired) electrons. The maximum absolute atomic E-state index is 12.6. The molecule has 128 valence electrons. The van der Waals surface area contributed by atoms with Crippen LogP contribution in [0.15, 0.2) is 30.6 Å². The van der Waals surface area contributed by atoms with Crippen molar-refractivity contribution in [1.82, 2.24) is 15.1 Å². The summed E-state index contributed by atoms with van der Waals surface area (Å²) in [7, 11) is 1.42. The Balaban J connectivity index is 1.79. The van der Waals surface area contributed by atoms with Crippen LogP contribution in [0.4, 0.5) is 0 Å². The molecule has 2 N–H and O–H groups in total. The van der Waals surface area contributed by atoms with Crippen LogP contribution in [-0.4, -0.2) is 33.9 Å². The summed E-state index contributed by atoms with van der Waals surface area (Å²) < 4.78 is 6.97. The number of nitrogens with zero attached hydrogens (tertiary/aromatic N) is 2. The van der Waals surface area contributed by atoms with Gasteiger partial charge >= 0.3 is 0 Å². The molecule has 1 heterocycles. The second-order valence-electron chi connectivity index (χ2n) is 5.93. The number of halogens is 1. The number of phenolic OH excluding ortho intramolecular Hbond substituents is 1. The lowest BCUT2D eigenvalue weighted by Gasteiger charge is -2.32. The summed E-state index contributed by atoms with van der Waals surface area (Å²) >= 11 is 5.97. The summed E-state index contributed by atoms with van der Waals surface area (Å²) in [5.41, 5.74) is 0.361. The third-order valence-electron chi connectivity index (χ3n) is 4.42. The van der Waals surface area contributed by atoms with Gasteiger partial charge in [0, 0.05) is 18.0 Å². The standard InChI is InChI=1S/C17H20ClN3O3/c1-24-15-10-11(9-12(18)16(15)22)17(23)20-13-5-2-3-6-14(13)21-8-4-7-19-21/h4,7-10,13-14,22H,2-3,5-6H2,1H3,(H,20,23). The lowest BCUT2D eigenvalue weighted by atomic mass is 9.90. The van der Waals surface area contributed by atoms with Crippen molar-refractivity contribution in [3.05, 3.63) is 41.2 Å². The molecule has 0 aliphatic heterocycles. The van der Waals surface area contributed by atoms with Gasteiger partial charge in [-0.05, 0) is 31.0 Å². The highest BCUT2D eigenvalue weighted by molar-refractivity contribution is 6.32. The number of carbonyl (C=O) groups is 1. The average molecular weight is 350 g/mol. The molecule has 2 aromatic rings. The van der Waals surface area contributed by atoms with Gasteiger partial charge in [0.2, 0.25) is 0 Å². The van der Waals surface area contributed by atoms with E-state index in [9.17, 15) is 9.90 Å². The number of rotatable bonds is 4. The van der Waals surface area contributed by atoms with Crippen LogP contribution in [0.1, 0.15) is 42.1 Å². The predicted molar refractivity (Wildman–Crippen MR) is 90.7 cm³/mol. The second kappa shape index (κ2) is 7.13. The first kappa shape index (κ1) is 16.6. The number of nitrogens with one attached hydrogen (secondary N) is 1. The van der Waals surface area contributed by atoms with E-state index >= 15 is 0 Å². The number of methoxy groups -OCH3 is 1. The number of ether oxygens (including phenoxy) is 1. The van der Waals surface area contributed by atoms with E-state index in [0.717, 1.165) is 25.7 Å². The van der Waals surface area contributed by atoms with E-state index < -0.39 is 0 Å². The zero-order valence-electron chi connectivity index (χ0n) is 13.4. The van der Waals surface area contributed by atoms with Crippen LogP contribution in [-0.2, 0) is 0 Å². The number of hydrogen-bond acceptors (Lipinski definition) is 4. The fourth-order valence-electron chi connectivity index (χ4n) is 3.19. The van der Waals surface area contributed by atoms with Crippen molar-refractivity contribution in [1.29, 1.82) is 0 Å². The molecular weight excluding hydrogens is 330 g/mol. The predicted octanol–water partition coefficient (Wildman–Crippen LogP) is 3.16. The number of benzene rings is 1. The Bertz CT molecular complexity index is 718. The first-order chi connectivity index (χ1) is 11.6. The molecule has 1 amide bonds. The van der Waals surface area contributed by atoms with Crippen LogP contribution in [0.3, 0.4) is 0 Å². The third-order valence-corrected chi connectivity index (χ3v) is 4.71. The molecule has 1 aromatic carbocycles. The zero-order valence-corrected chi connectivity index (χ0v) is 14.2. The summed E-state index contributed by atoms with van der Waals surface area (Å²) in [6.45, 7) is 0. The molecular formula is C17H20ClN3O3. The molecule has 2 unspecified atom stereocenters. The lowest BCUT2D eigenvalue weighted by Crippen LogP contribution is -2.43. The summed E-state index contributed by atoms with van der Waals surface area (Å²) in [6, 6.07) is 4.97. The van der Waals surface area contributed by atoms with Crippen molar-refractivity contribution in [3.63, 3.8) is 0 Å². The Kier molecular flexibility index (Phi) is 4.94. The van der Waals surface area contributed by atoms with Gasteiger partial charge in [-0.25, -0.2) is 0 Å². The van der Waals surface area contributed by atoms with Gasteiger partial charge in [0.05, 0.1) is 24.2 Å². The van der Waals surface area contributed by atoms with Crippen molar-refractivity contribution in [2.45, 2.75) is 37.8 Å². The van der Waals surface area contributed by atoms with Crippen LogP contribution in [0.25, 0.3) is 0 Å². The van der Waals surface area contributed by atoms with Gasteiger partial charge in [-0.1, -0.05) is 24.4 Å². The SMILES string of the molecule is COc1cc(C(=O)NC2CCCCC2n2cccn2)cc(Cl)c1O. The van der Waals surface area contributed by atoms with E-state index in [4.69, 9.17) is 16.3 Å². The number of aromatic nitrogens is 2. The lowest BCUT2D eigenvalue weighted by molar-refractivity contribution is 0.0905. The molecule has 7 heteroatoms. The summed E-state index contributed by atoms with van der Waals surface area (Å²) in [5, 5.41) is 17.3. The Hall–Kier alpha value is -2.21. The van der Waals surface area contributed by atoms with Crippen LogP contribution < -0.4 is 10.1 Å². The Morgan fingerprint density at radius 3 is 2.92 bits per heavy atom. The fraction of sp³-hybridized carbons (Fsp3) is 0.412. The second-order valence-corrected chi connectivity index (χ2v) is 6.33. The van der Waals surface area contributed by atoms with Gasteiger partial charge < -0.3 is 15.2 Å². The molecule has 0 bridgehead atoms. The van der Waals surface area contributed by atoms with E-state index in [2.05, 4.69) is 10.4 Å². The zero-order chi connectivity index (χ0) is 17.1. The smallest absolute Gasteiger partial charge is 0.251 e. The molecule has 6 nitrogen and oxygen atoms in total. The van der Waals surface area contributed by atoms with Crippen LogP contribution in [0, 0.1) is 0 Å². The van der Waals surface area contributed by atoms with Gasteiger partial charge in [0.1, 0.15) is 0 Å². The summed E-state index contributed by atoms with van der Waals surface area (Å²) in [4.78, 5) is 12.6. The minimum Gasteiger partial charge on any atom is -0.503 e. The van der Waals surface area contributed by atoms with Crippen molar-refractivity contribution < 1.29 is 14.6 Å². The Morgan fingerprint density at radius 1 is 1.42 bits per heavy atom. The molecule has 0 spiro atoms. The number of phenols is 1. The third kappa shape index (κ3) is 3.33. The molecule has 1 fully saturated rings. The van der Waals surface area contributed by atoms with Gasteiger partial charge in [0.25, 0.3) is 5.91 Å². The Labute approximate surface area is 145 Å². The normalized spacial score (nSPS) is 20.6. The van der Waals surface area contributed by atoms with Crippen LogP contribution in [0.2, 0.25) is 5.02 Å². The molecule has 1 saturated carbocycles. The first-order valence-corrected chi connectivity index (χ1v) is 8.34. The largest absolute Gasteiger partial charge is 0.503 e. The highest BCUT2D eigenvalue weighted by Gasteiger charge is 2.28. The molecule has 1 aliphatic carbocycles. The molecule has 2 atom stereocenters. The van der Waals surface area contributed by atoms with E-state index in [-0.39, 0.29) is 34.5 Å². The summed E-state index contributed by atoms with van der Waals surface area (Å²) in [6.07, 6.45) is 7.75. The minimum absolute atomic E-state index is 0.00437. The Morgan fingerprint density at radius 2 is 2.21 bits per heavy atom. The minimum atomic E-state index is -0.237. The monoisotopic (exact) mass is 349 g/mol. The van der Waals surface area contributed by atoms with E-state index in [1.54, 1.807) is 6.20 Å². The van der Waals surface area contributed by atoms with Crippen molar-refractivity contribution in [2.24, 2.45) is 0 Å². The quantitative estimate of drug-likeness (QED) is 0.888. The maximum Gasteiger partial charge on any atom is 0.251 e. The van der Waals surface area contributed by atoms with Gasteiger partial charge in [-0.3, -0.25) is 9.48 Å². The molecule has 24 heavy (non-hydrogen) atoms. The average Bonchev–Trinajstić information content (AvgIpc) is 3.12. The van der Waals surface area contributed by atoms with Crippen molar-refractivity contribution in [2.75, 3.05) is 7.11 Å². The van der Waals surface area contributed by atoms with Crippen molar-refractivity contribution >= 4 is 17.5 Å². The number of amides is 1. The maximum atomic E-state index is 12.6. The van der Waals surface area contributed by atoms with E-state index in [0.29, 0.717) is 5.56 Å². The van der Waals surface area contributed by atoms with Crippen LogP contribution >= 0.6 is 11.6 Å². The molecule has 0 saturated heterocycles. The van der Waals surface area contributed by atoms with E-state index in [1.807, 2.05) is 16.9 Å². The molecule has 3 rings (SSSR count). The number of aromatic hydroxyl groups is 1. The van der Waals surface area contributed by atoms with Gasteiger partial charge in [0.15, 0.2) is 11.5 Å². The van der Waals surface area contributed by atoms with Gasteiger partial charge in [-0.15, -0.1) is 0 Å². The van der Waals surface area contributed by atoms with Crippen molar-refractivity contribution in [3.8, 4) is 11.5 Å². The summed E-state index contributed by atoms with van der Waals surface area (Å²) in [5.74, 6) is -0.220.